The largest absolute Gasteiger partial charge is 0.484 e. The van der Waals surface area contributed by atoms with Gasteiger partial charge in [-0.1, -0.05) is 29.0 Å². The normalized spacial score (nSPS) is 14.8. The van der Waals surface area contributed by atoms with Gasteiger partial charge in [-0.15, -0.1) is 0 Å². The molecule has 1 fully saturated rings. The first-order valence-electron chi connectivity index (χ1n) is 9.76. The molecule has 1 aliphatic rings. The van der Waals surface area contributed by atoms with Crippen molar-refractivity contribution in [3.8, 4) is 5.75 Å². The molecule has 30 heavy (non-hydrogen) atoms. The molecule has 1 N–H and O–H groups in total. The Balaban J connectivity index is 1.17. The molecular weight excluding hydrogens is 427 g/mol. The predicted octanol–water partition coefficient (Wildman–Crippen LogP) is 3.41. The van der Waals surface area contributed by atoms with Crippen LogP contribution in [0.25, 0.3) is 10.2 Å². The minimum Gasteiger partial charge on any atom is -0.484 e. The van der Waals surface area contributed by atoms with Crippen molar-refractivity contribution >= 4 is 44.2 Å². The van der Waals surface area contributed by atoms with Crippen LogP contribution in [0.5, 0.6) is 5.75 Å². The lowest BCUT2D eigenvalue weighted by Gasteiger charge is -2.34. The summed E-state index contributed by atoms with van der Waals surface area (Å²) in [6.07, 6.45) is 0. The molecule has 0 radical (unpaired) electrons. The van der Waals surface area contributed by atoms with E-state index in [1.165, 1.54) is 17.4 Å². The van der Waals surface area contributed by atoms with E-state index in [2.05, 4.69) is 20.1 Å². The quantitative estimate of drug-likeness (QED) is 0.600. The maximum absolute atomic E-state index is 13.9. The number of para-hydroxylation sites is 1. The predicted molar refractivity (Wildman–Crippen MR) is 118 cm³/mol. The van der Waals surface area contributed by atoms with Crippen LogP contribution in [-0.4, -0.2) is 61.7 Å². The number of hydrogen-bond acceptors (Lipinski definition) is 6. The van der Waals surface area contributed by atoms with E-state index in [1.54, 1.807) is 30.3 Å². The topological polar surface area (TPSA) is 57.7 Å². The molecular formula is C21H22ClFN4O2S. The molecule has 0 aliphatic carbocycles. The minimum atomic E-state index is -0.274. The Bertz CT molecular complexity index is 1010. The summed E-state index contributed by atoms with van der Waals surface area (Å²) in [4.78, 5) is 20.9. The third-order valence-electron chi connectivity index (χ3n) is 4.94. The molecule has 6 nitrogen and oxygen atoms in total. The van der Waals surface area contributed by atoms with Gasteiger partial charge >= 0.3 is 0 Å². The highest BCUT2D eigenvalue weighted by Crippen LogP contribution is 2.30. The number of carbonyl (C=O) groups is 1. The van der Waals surface area contributed by atoms with Gasteiger partial charge in [0.05, 0.1) is 4.70 Å². The van der Waals surface area contributed by atoms with Crippen molar-refractivity contribution in [1.29, 1.82) is 0 Å². The number of rotatable bonds is 7. The molecule has 1 saturated heterocycles. The molecule has 0 atom stereocenters. The second-order valence-electron chi connectivity index (χ2n) is 7.00. The van der Waals surface area contributed by atoms with Gasteiger partial charge in [0.25, 0.3) is 5.91 Å². The fourth-order valence-corrected chi connectivity index (χ4v) is 4.44. The Morgan fingerprint density at radius 2 is 1.93 bits per heavy atom. The summed E-state index contributed by atoms with van der Waals surface area (Å²) in [6, 6.07) is 12.0. The number of nitrogens with one attached hydrogen (secondary N) is 1. The van der Waals surface area contributed by atoms with Crippen molar-refractivity contribution in [1.82, 2.24) is 15.2 Å². The van der Waals surface area contributed by atoms with Crippen molar-refractivity contribution in [2.45, 2.75) is 0 Å². The van der Waals surface area contributed by atoms with Gasteiger partial charge < -0.3 is 15.0 Å². The first kappa shape index (κ1) is 20.8. The van der Waals surface area contributed by atoms with Gasteiger partial charge in [0.2, 0.25) is 0 Å². The van der Waals surface area contributed by atoms with Crippen LogP contribution in [0.3, 0.4) is 0 Å². The second-order valence-corrected chi connectivity index (χ2v) is 8.45. The van der Waals surface area contributed by atoms with E-state index in [9.17, 15) is 9.18 Å². The average Bonchev–Trinajstić information content (AvgIpc) is 3.20. The average molecular weight is 449 g/mol. The lowest BCUT2D eigenvalue weighted by Crippen LogP contribution is -2.48. The fourth-order valence-electron chi connectivity index (χ4n) is 3.29. The van der Waals surface area contributed by atoms with Crippen LogP contribution in [-0.2, 0) is 4.79 Å². The van der Waals surface area contributed by atoms with Crippen LogP contribution in [0.4, 0.5) is 9.52 Å². The van der Waals surface area contributed by atoms with Crippen molar-refractivity contribution in [3.05, 3.63) is 53.3 Å². The van der Waals surface area contributed by atoms with E-state index in [4.69, 9.17) is 16.3 Å². The van der Waals surface area contributed by atoms with Crippen LogP contribution in [0.2, 0.25) is 5.02 Å². The summed E-state index contributed by atoms with van der Waals surface area (Å²) >= 11 is 7.35. The van der Waals surface area contributed by atoms with Crippen molar-refractivity contribution in [2.75, 3.05) is 50.8 Å². The first-order chi connectivity index (χ1) is 14.6. The second kappa shape index (κ2) is 9.59. The SMILES string of the molecule is O=C(COc1ccc(Cl)cc1)NCCN1CCN(c2nc3c(F)cccc3s2)CC1. The lowest BCUT2D eigenvalue weighted by molar-refractivity contribution is -0.123. The molecule has 0 spiro atoms. The van der Waals surface area contributed by atoms with E-state index in [0.29, 0.717) is 22.8 Å². The van der Waals surface area contributed by atoms with Crippen LogP contribution in [0, 0.1) is 5.82 Å². The zero-order valence-corrected chi connectivity index (χ0v) is 17.9. The molecule has 2 aromatic carbocycles. The van der Waals surface area contributed by atoms with E-state index in [0.717, 1.165) is 42.6 Å². The summed E-state index contributed by atoms with van der Waals surface area (Å²) in [5.41, 5.74) is 0.448. The van der Waals surface area contributed by atoms with Gasteiger partial charge in [-0.2, -0.15) is 0 Å². The summed E-state index contributed by atoms with van der Waals surface area (Å²) in [7, 11) is 0. The smallest absolute Gasteiger partial charge is 0.257 e. The van der Waals surface area contributed by atoms with Crippen molar-refractivity contribution in [2.24, 2.45) is 0 Å². The molecule has 158 valence electrons. The molecule has 1 aliphatic heterocycles. The molecule has 0 bridgehead atoms. The van der Waals surface area contributed by atoms with Gasteiger partial charge in [0, 0.05) is 44.3 Å². The summed E-state index contributed by atoms with van der Waals surface area (Å²) < 4.78 is 20.2. The maximum atomic E-state index is 13.9. The Labute approximate surface area is 183 Å². The Kier molecular flexibility index (Phi) is 6.66. The molecule has 1 aromatic heterocycles. The highest BCUT2D eigenvalue weighted by atomic mass is 35.5. The van der Waals surface area contributed by atoms with Crippen LogP contribution in [0.1, 0.15) is 0 Å². The Morgan fingerprint density at radius 3 is 2.67 bits per heavy atom. The zero-order chi connectivity index (χ0) is 20.9. The Hall–Kier alpha value is -2.42. The molecule has 3 aromatic rings. The van der Waals surface area contributed by atoms with Gasteiger partial charge in [0.15, 0.2) is 11.7 Å². The van der Waals surface area contributed by atoms with E-state index < -0.39 is 0 Å². The number of aromatic nitrogens is 1. The van der Waals surface area contributed by atoms with Gasteiger partial charge in [0.1, 0.15) is 17.1 Å². The number of carbonyl (C=O) groups excluding carboxylic acids is 1. The number of hydrogen-bond donors (Lipinski definition) is 1. The fraction of sp³-hybridized carbons (Fsp3) is 0.333. The monoisotopic (exact) mass is 448 g/mol. The molecule has 0 saturated carbocycles. The maximum Gasteiger partial charge on any atom is 0.257 e. The summed E-state index contributed by atoms with van der Waals surface area (Å²) in [5.74, 6) is 0.185. The summed E-state index contributed by atoms with van der Waals surface area (Å²) in [6.45, 7) is 4.71. The number of halogens is 2. The number of nitrogens with zero attached hydrogens (tertiary/aromatic N) is 3. The molecule has 2 heterocycles. The molecule has 0 unspecified atom stereocenters. The van der Waals surface area contributed by atoms with Crippen LogP contribution in [0.15, 0.2) is 42.5 Å². The molecule has 9 heteroatoms. The third kappa shape index (κ3) is 5.19. The first-order valence-corrected chi connectivity index (χ1v) is 11.0. The lowest BCUT2D eigenvalue weighted by atomic mass is 10.3. The van der Waals surface area contributed by atoms with E-state index >= 15 is 0 Å². The third-order valence-corrected chi connectivity index (χ3v) is 6.27. The van der Waals surface area contributed by atoms with Gasteiger partial charge in [-0.25, -0.2) is 9.37 Å². The van der Waals surface area contributed by atoms with Gasteiger partial charge in [-0.05, 0) is 36.4 Å². The van der Waals surface area contributed by atoms with Crippen LogP contribution >= 0.6 is 22.9 Å². The number of thiazole rings is 1. The highest BCUT2D eigenvalue weighted by molar-refractivity contribution is 7.22. The number of anilines is 1. The number of benzene rings is 2. The number of amides is 1. The number of piperazine rings is 1. The number of fused-ring (bicyclic) bond motifs is 1. The standard InChI is InChI=1S/C21H22ClFN4O2S/c22-15-4-6-16(7-5-15)29-14-19(28)24-8-9-26-10-12-27(13-11-26)21-25-20-17(23)2-1-3-18(20)30-21/h1-7H,8-14H2,(H,24,28). The molecule has 1 amide bonds. The van der Waals surface area contributed by atoms with E-state index in [1.807, 2.05) is 6.07 Å². The molecule has 4 rings (SSSR count). The van der Waals surface area contributed by atoms with E-state index in [-0.39, 0.29) is 18.3 Å². The Morgan fingerprint density at radius 1 is 1.17 bits per heavy atom. The zero-order valence-electron chi connectivity index (χ0n) is 16.3. The van der Waals surface area contributed by atoms with Crippen molar-refractivity contribution in [3.63, 3.8) is 0 Å². The number of ether oxygens (including phenoxy) is 1. The minimum absolute atomic E-state index is 0.0242. The summed E-state index contributed by atoms with van der Waals surface area (Å²) in [5, 5.41) is 4.37. The van der Waals surface area contributed by atoms with Crippen molar-refractivity contribution < 1.29 is 13.9 Å². The van der Waals surface area contributed by atoms with Gasteiger partial charge in [-0.3, -0.25) is 9.69 Å². The highest BCUT2D eigenvalue weighted by Gasteiger charge is 2.20. The van der Waals surface area contributed by atoms with Crippen LogP contribution < -0.4 is 15.0 Å².